The maximum atomic E-state index is 13.9. The molecule has 1 aromatic rings. The Balaban J connectivity index is 1.46. The number of hydrogen-bond donors (Lipinski definition) is 3. The third kappa shape index (κ3) is 6.48. The molecule has 6 rings (SSSR count). The van der Waals surface area contributed by atoms with Gasteiger partial charge in [-0.1, -0.05) is 26.0 Å². The van der Waals surface area contributed by atoms with E-state index in [4.69, 9.17) is 4.74 Å². The van der Waals surface area contributed by atoms with Gasteiger partial charge in [0, 0.05) is 31.5 Å². The number of para-hydroxylation sites is 1. The molecule has 3 N–H and O–H groups in total. The minimum absolute atomic E-state index is 0.0508. The normalized spacial score (nSPS) is 33.1. The highest BCUT2D eigenvalue weighted by Crippen LogP contribution is 2.60. The van der Waals surface area contributed by atoms with Gasteiger partial charge in [-0.15, -0.1) is 0 Å². The predicted molar refractivity (Wildman–Crippen MR) is 158 cm³/mol. The largest absolute Gasteiger partial charge is 0.482 e. The number of ether oxygens (including phenoxy) is 1. The summed E-state index contributed by atoms with van der Waals surface area (Å²) < 4.78 is 7.22. The van der Waals surface area contributed by atoms with Crippen LogP contribution in [0.2, 0.25) is 0 Å². The van der Waals surface area contributed by atoms with Crippen LogP contribution in [0.15, 0.2) is 35.9 Å². The fourth-order valence-corrected chi connectivity index (χ4v) is 8.68. The molecule has 0 spiro atoms. The molecule has 7 nitrogen and oxygen atoms in total. The van der Waals surface area contributed by atoms with Gasteiger partial charge in [0.05, 0.1) is 16.2 Å². The highest BCUT2D eigenvalue weighted by Gasteiger charge is 2.53. The van der Waals surface area contributed by atoms with Gasteiger partial charge in [-0.25, -0.2) is 0 Å². The van der Waals surface area contributed by atoms with E-state index in [1.54, 1.807) is 6.08 Å². The predicted octanol–water partition coefficient (Wildman–Crippen LogP) is 4.30. The Labute approximate surface area is 245 Å². The molecule has 214 valence electrons. The molecule has 0 heterocycles. The van der Waals surface area contributed by atoms with Gasteiger partial charge in [0.1, 0.15) is 18.0 Å². The number of halogens is 1. The first-order valence-electron chi connectivity index (χ1n) is 14.6. The summed E-state index contributed by atoms with van der Waals surface area (Å²) in [6, 6.07) is 7.04. The number of aliphatic hydroxyl groups excluding tert-OH is 2. The number of nitrogens with one attached hydrogen (secondary N) is 1. The molecule has 5 aliphatic rings. The van der Waals surface area contributed by atoms with Crippen LogP contribution in [-0.4, -0.2) is 64.9 Å². The molecule has 4 bridgehead atoms. The van der Waals surface area contributed by atoms with Crippen LogP contribution in [-0.2, 0) is 9.59 Å². The standard InChI is InChI=1S/C31H43IN2O5/c1-19(2)9-28(36)34(18-31-15-20-10-21(16-31)12-22(11-20)17-31)25-13-23(30(38)33-7-8-35)14-27(29(25)37)39-26-6-4-3-5-24(26)32/h3-6,14,19-22,25,27,29,35,37H,7-13,15-18H2,1-2H3,(H,33,38). The lowest BCUT2D eigenvalue weighted by Gasteiger charge is -2.58. The van der Waals surface area contributed by atoms with Crippen molar-refractivity contribution >= 4 is 34.4 Å². The summed E-state index contributed by atoms with van der Waals surface area (Å²) in [6.07, 6.45) is 8.10. The first-order chi connectivity index (χ1) is 18.7. The van der Waals surface area contributed by atoms with Crippen LogP contribution in [0.4, 0.5) is 0 Å². The number of carbonyl (C=O) groups excluding carboxylic acids is 2. The number of benzene rings is 1. The lowest BCUT2D eigenvalue weighted by molar-refractivity contribution is -0.147. The Morgan fingerprint density at radius 2 is 1.77 bits per heavy atom. The lowest BCUT2D eigenvalue weighted by Crippen LogP contribution is -2.59. The Hall–Kier alpha value is -1.65. The molecular weight excluding hydrogens is 607 g/mol. The summed E-state index contributed by atoms with van der Waals surface area (Å²) in [4.78, 5) is 29.0. The highest BCUT2D eigenvalue weighted by molar-refractivity contribution is 14.1. The Morgan fingerprint density at radius 1 is 1.13 bits per heavy atom. The van der Waals surface area contributed by atoms with E-state index in [1.807, 2.05) is 29.2 Å². The second-order valence-electron chi connectivity index (χ2n) is 13.0. The van der Waals surface area contributed by atoms with Crippen molar-refractivity contribution in [3.63, 3.8) is 0 Å². The quantitative estimate of drug-likeness (QED) is 0.329. The fraction of sp³-hybridized carbons (Fsp3) is 0.677. The van der Waals surface area contributed by atoms with Gasteiger partial charge in [0.2, 0.25) is 11.8 Å². The van der Waals surface area contributed by atoms with Gasteiger partial charge in [0.15, 0.2) is 0 Å². The number of amides is 2. The third-order valence-corrected chi connectivity index (χ3v) is 10.2. The Bertz CT molecular complexity index is 1050. The molecule has 3 atom stereocenters. The third-order valence-electron chi connectivity index (χ3n) is 9.29. The van der Waals surface area contributed by atoms with Crippen LogP contribution in [0.1, 0.15) is 65.2 Å². The van der Waals surface area contributed by atoms with E-state index >= 15 is 0 Å². The molecule has 1 aromatic carbocycles. The van der Waals surface area contributed by atoms with Crippen LogP contribution in [0.25, 0.3) is 0 Å². The Kier molecular flexibility index (Phi) is 8.93. The molecule has 5 aliphatic carbocycles. The summed E-state index contributed by atoms with van der Waals surface area (Å²) in [7, 11) is 0. The Morgan fingerprint density at radius 3 is 2.36 bits per heavy atom. The molecular formula is C31H43IN2O5. The van der Waals surface area contributed by atoms with Gasteiger partial charge in [0.25, 0.3) is 0 Å². The van der Waals surface area contributed by atoms with Crippen molar-refractivity contribution in [2.24, 2.45) is 29.1 Å². The van der Waals surface area contributed by atoms with Crippen LogP contribution < -0.4 is 10.1 Å². The molecule has 4 fully saturated rings. The first kappa shape index (κ1) is 28.9. The minimum atomic E-state index is -0.972. The van der Waals surface area contributed by atoms with Crippen LogP contribution in [0, 0.1) is 32.7 Å². The zero-order valence-electron chi connectivity index (χ0n) is 23.2. The number of nitrogens with zero attached hydrogens (tertiary/aromatic N) is 1. The second-order valence-corrected chi connectivity index (χ2v) is 14.1. The molecule has 3 unspecified atom stereocenters. The van der Waals surface area contributed by atoms with E-state index < -0.39 is 18.2 Å². The van der Waals surface area contributed by atoms with Crippen molar-refractivity contribution in [3.05, 3.63) is 39.5 Å². The van der Waals surface area contributed by atoms with Crippen molar-refractivity contribution in [2.45, 2.75) is 83.5 Å². The molecule has 4 saturated carbocycles. The van der Waals surface area contributed by atoms with Gasteiger partial charge < -0.3 is 25.2 Å². The van der Waals surface area contributed by atoms with Gasteiger partial charge >= 0.3 is 0 Å². The highest BCUT2D eigenvalue weighted by atomic mass is 127. The van der Waals surface area contributed by atoms with E-state index in [0.29, 0.717) is 24.3 Å². The van der Waals surface area contributed by atoms with Crippen molar-refractivity contribution in [3.8, 4) is 5.75 Å². The zero-order chi connectivity index (χ0) is 27.7. The van der Waals surface area contributed by atoms with E-state index in [2.05, 4.69) is 41.8 Å². The maximum Gasteiger partial charge on any atom is 0.247 e. The summed E-state index contributed by atoms with van der Waals surface area (Å²) in [5, 5.41) is 23.8. The van der Waals surface area contributed by atoms with E-state index in [1.165, 1.54) is 19.3 Å². The summed E-state index contributed by atoms with van der Waals surface area (Å²) in [5.41, 5.74) is 0.592. The van der Waals surface area contributed by atoms with Crippen molar-refractivity contribution in [1.29, 1.82) is 0 Å². The minimum Gasteiger partial charge on any atom is -0.482 e. The number of hydrogen-bond acceptors (Lipinski definition) is 5. The topological polar surface area (TPSA) is 99.1 Å². The zero-order valence-corrected chi connectivity index (χ0v) is 25.3. The van der Waals surface area contributed by atoms with Gasteiger partial charge in [-0.3, -0.25) is 9.59 Å². The number of carbonyl (C=O) groups is 2. The first-order valence-corrected chi connectivity index (χ1v) is 15.7. The average molecular weight is 651 g/mol. The second kappa shape index (κ2) is 12.1. The molecule has 0 radical (unpaired) electrons. The fourth-order valence-electron chi connectivity index (χ4n) is 8.17. The average Bonchev–Trinajstić information content (AvgIpc) is 2.87. The van der Waals surface area contributed by atoms with Crippen LogP contribution in [0.5, 0.6) is 5.75 Å². The molecule has 2 amide bonds. The van der Waals surface area contributed by atoms with Crippen molar-refractivity contribution in [2.75, 3.05) is 19.7 Å². The number of aliphatic hydroxyl groups is 2. The number of rotatable bonds is 10. The summed E-state index contributed by atoms with van der Waals surface area (Å²) >= 11 is 2.20. The van der Waals surface area contributed by atoms with Gasteiger partial charge in [-0.2, -0.15) is 0 Å². The van der Waals surface area contributed by atoms with Crippen LogP contribution >= 0.6 is 22.6 Å². The van der Waals surface area contributed by atoms with Crippen molar-refractivity contribution in [1.82, 2.24) is 10.2 Å². The lowest BCUT2D eigenvalue weighted by atomic mass is 9.49. The van der Waals surface area contributed by atoms with E-state index in [-0.39, 0.29) is 42.7 Å². The smallest absolute Gasteiger partial charge is 0.247 e. The van der Waals surface area contributed by atoms with Crippen LogP contribution in [0.3, 0.4) is 0 Å². The molecule has 8 heteroatoms. The molecule has 0 aromatic heterocycles. The van der Waals surface area contributed by atoms with E-state index in [0.717, 1.165) is 40.6 Å². The molecule has 0 saturated heterocycles. The monoisotopic (exact) mass is 650 g/mol. The summed E-state index contributed by atoms with van der Waals surface area (Å²) in [5.74, 6) is 2.85. The SMILES string of the molecule is CC(C)CC(=O)N(CC12CC3CC(CC(C3)C1)C2)C1CC(C(=O)NCCO)=CC(Oc2ccccc2I)C1O. The van der Waals surface area contributed by atoms with Crippen molar-refractivity contribution < 1.29 is 24.5 Å². The van der Waals surface area contributed by atoms with Gasteiger partial charge in [-0.05, 0) is 108 Å². The molecule has 0 aliphatic heterocycles. The summed E-state index contributed by atoms with van der Waals surface area (Å²) in [6.45, 7) is 4.74. The maximum absolute atomic E-state index is 13.9. The molecule has 39 heavy (non-hydrogen) atoms. The van der Waals surface area contributed by atoms with E-state index in [9.17, 15) is 19.8 Å².